The van der Waals surface area contributed by atoms with Crippen LogP contribution in [-0.2, 0) is 0 Å². The van der Waals surface area contributed by atoms with Gasteiger partial charge < -0.3 is 15.5 Å². The highest BCUT2D eigenvalue weighted by molar-refractivity contribution is 4.77. The van der Waals surface area contributed by atoms with E-state index in [1.165, 1.54) is 64.7 Å². The van der Waals surface area contributed by atoms with Crippen molar-refractivity contribution in [1.29, 1.82) is 0 Å². The fraction of sp³-hybridized carbons (Fsp3) is 1.00. The molecule has 2 fully saturated rings. The quantitative estimate of drug-likeness (QED) is 0.687. The Balaban J connectivity index is 1.45. The van der Waals surface area contributed by atoms with Gasteiger partial charge in [0.1, 0.15) is 0 Å². The Hall–Kier alpha value is -0.120. The minimum atomic E-state index is 0.702. The lowest BCUT2D eigenvalue weighted by molar-refractivity contribution is 0.231. The van der Waals surface area contributed by atoms with Gasteiger partial charge in [0.2, 0.25) is 0 Å². The molecule has 1 aliphatic heterocycles. The first-order valence-electron chi connectivity index (χ1n) is 7.47. The zero-order chi connectivity index (χ0) is 11.9. The van der Waals surface area contributed by atoms with Crippen LogP contribution < -0.4 is 10.6 Å². The number of piperazine rings is 1. The van der Waals surface area contributed by atoms with Gasteiger partial charge in [0.25, 0.3) is 0 Å². The predicted octanol–water partition coefficient (Wildman–Crippen LogP) is 1.45. The van der Waals surface area contributed by atoms with Gasteiger partial charge in [-0.1, -0.05) is 25.7 Å². The molecule has 1 heterocycles. The lowest BCUT2D eigenvalue weighted by Crippen LogP contribution is -2.49. The Kier molecular flexibility index (Phi) is 5.75. The standard InChI is InChI=1S/C14H29N3/c1-17-11-10-16-14(12-17)7-9-15-8-6-13-4-2-3-5-13/h13-16H,2-12H2,1H3. The molecule has 1 saturated carbocycles. The number of rotatable bonds is 6. The van der Waals surface area contributed by atoms with Crippen LogP contribution in [0.4, 0.5) is 0 Å². The Morgan fingerprint density at radius 1 is 1.18 bits per heavy atom. The summed E-state index contributed by atoms with van der Waals surface area (Å²) in [5.74, 6) is 1.03. The molecule has 0 spiro atoms. The van der Waals surface area contributed by atoms with E-state index in [9.17, 15) is 0 Å². The second kappa shape index (κ2) is 7.34. The maximum atomic E-state index is 3.62. The van der Waals surface area contributed by atoms with Crippen molar-refractivity contribution in [2.75, 3.05) is 39.8 Å². The predicted molar refractivity (Wildman–Crippen MR) is 73.3 cm³/mol. The van der Waals surface area contributed by atoms with Gasteiger partial charge in [0.15, 0.2) is 0 Å². The van der Waals surface area contributed by atoms with E-state index in [0.717, 1.165) is 12.5 Å². The number of hydrogen-bond donors (Lipinski definition) is 2. The van der Waals surface area contributed by atoms with E-state index in [1.807, 2.05) is 0 Å². The summed E-state index contributed by atoms with van der Waals surface area (Å²) < 4.78 is 0. The molecule has 0 aromatic rings. The van der Waals surface area contributed by atoms with Gasteiger partial charge >= 0.3 is 0 Å². The van der Waals surface area contributed by atoms with Gasteiger partial charge in [-0.3, -0.25) is 0 Å². The maximum absolute atomic E-state index is 3.62. The third-order valence-corrected chi connectivity index (χ3v) is 4.33. The molecule has 1 saturated heterocycles. The molecule has 0 amide bonds. The zero-order valence-corrected chi connectivity index (χ0v) is 11.4. The molecule has 2 aliphatic rings. The summed E-state index contributed by atoms with van der Waals surface area (Å²) in [5.41, 5.74) is 0. The van der Waals surface area contributed by atoms with Gasteiger partial charge in [0, 0.05) is 25.7 Å². The molecular weight excluding hydrogens is 210 g/mol. The van der Waals surface area contributed by atoms with Crippen LogP contribution in [0.2, 0.25) is 0 Å². The zero-order valence-electron chi connectivity index (χ0n) is 11.4. The summed E-state index contributed by atoms with van der Waals surface area (Å²) in [6, 6.07) is 0.702. The number of nitrogens with zero attached hydrogens (tertiary/aromatic N) is 1. The molecule has 100 valence electrons. The molecule has 3 heteroatoms. The molecule has 0 radical (unpaired) electrons. The van der Waals surface area contributed by atoms with Crippen molar-refractivity contribution in [2.45, 2.75) is 44.6 Å². The fourth-order valence-corrected chi connectivity index (χ4v) is 3.19. The van der Waals surface area contributed by atoms with Gasteiger partial charge in [-0.25, -0.2) is 0 Å². The van der Waals surface area contributed by atoms with Crippen molar-refractivity contribution < 1.29 is 0 Å². The van der Waals surface area contributed by atoms with E-state index in [1.54, 1.807) is 0 Å². The Morgan fingerprint density at radius 3 is 2.71 bits per heavy atom. The number of likely N-dealkylation sites (N-methyl/N-ethyl adjacent to an activating group) is 1. The molecule has 1 aliphatic carbocycles. The lowest BCUT2D eigenvalue weighted by Gasteiger charge is -2.31. The molecule has 0 bridgehead atoms. The van der Waals surface area contributed by atoms with E-state index < -0.39 is 0 Å². The van der Waals surface area contributed by atoms with Crippen molar-refractivity contribution in [3.63, 3.8) is 0 Å². The third-order valence-electron chi connectivity index (χ3n) is 4.33. The lowest BCUT2D eigenvalue weighted by atomic mass is 10.0. The SMILES string of the molecule is CN1CCNC(CCNCCC2CCCC2)C1. The number of hydrogen-bond acceptors (Lipinski definition) is 3. The van der Waals surface area contributed by atoms with E-state index in [4.69, 9.17) is 0 Å². The number of nitrogens with one attached hydrogen (secondary N) is 2. The average Bonchev–Trinajstić information content (AvgIpc) is 2.82. The average molecular weight is 239 g/mol. The van der Waals surface area contributed by atoms with Crippen molar-refractivity contribution in [3.8, 4) is 0 Å². The largest absolute Gasteiger partial charge is 0.317 e. The fourth-order valence-electron chi connectivity index (χ4n) is 3.19. The Morgan fingerprint density at radius 2 is 1.94 bits per heavy atom. The minimum Gasteiger partial charge on any atom is -0.317 e. The molecule has 0 aromatic heterocycles. The van der Waals surface area contributed by atoms with Gasteiger partial charge in [-0.15, -0.1) is 0 Å². The highest BCUT2D eigenvalue weighted by atomic mass is 15.2. The molecule has 2 rings (SSSR count). The summed E-state index contributed by atoms with van der Waals surface area (Å²) in [6.07, 6.45) is 8.59. The van der Waals surface area contributed by atoms with Crippen molar-refractivity contribution in [2.24, 2.45) is 5.92 Å². The van der Waals surface area contributed by atoms with Crippen LogP contribution >= 0.6 is 0 Å². The van der Waals surface area contributed by atoms with Crippen LogP contribution in [0.5, 0.6) is 0 Å². The third kappa shape index (κ3) is 4.94. The second-order valence-corrected chi connectivity index (χ2v) is 5.89. The first-order valence-corrected chi connectivity index (χ1v) is 7.47. The highest BCUT2D eigenvalue weighted by Gasteiger charge is 2.16. The molecule has 0 aromatic carbocycles. The first kappa shape index (κ1) is 13.3. The first-order chi connectivity index (χ1) is 8.34. The molecular formula is C14H29N3. The van der Waals surface area contributed by atoms with E-state index in [-0.39, 0.29) is 0 Å². The second-order valence-electron chi connectivity index (χ2n) is 5.89. The van der Waals surface area contributed by atoms with Crippen molar-refractivity contribution in [3.05, 3.63) is 0 Å². The van der Waals surface area contributed by atoms with Crippen LogP contribution in [0.1, 0.15) is 38.5 Å². The topological polar surface area (TPSA) is 27.3 Å². The molecule has 17 heavy (non-hydrogen) atoms. The molecule has 2 N–H and O–H groups in total. The monoisotopic (exact) mass is 239 g/mol. The summed E-state index contributed by atoms with van der Waals surface area (Å²) in [4.78, 5) is 2.43. The summed E-state index contributed by atoms with van der Waals surface area (Å²) >= 11 is 0. The molecule has 1 atom stereocenters. The van der Waals surface area contributed by atoms with Crippen LogP contribution in [-0.4, -0.2) is 50.7 Å². The van der Waals surface area contributed by atoms with Crippen molar-refractivity contribution >= 4 is 0 Å². The summed E-state index contributed by atoms with van der Waals surface area (Å²) in [7, 11) is 2.22. The van der Waals surface area contributed by atoms with Crippen molar-refractivity contribution in [1.82, 2.24) is 15.5 Å². The maximum Gasteiger partial charge on any atom is 0.0207 e. The minimum absolute atomic E-state index is 0.702. The van der Waals surface area contributed by atoms with Gasteiger partial charge in [-0.2, -0.15) is 0 Å². The Labute approximate surface area is 106 Å². The Bertz CT molecular complexity index is 202. The highest BCUT2D eigenvalue weighted by Crippen LogP contribution is 2.26. The van der Waals surface area contributed by atoms with Gasteiger partial charge in [-0.05, 0) is 38.9 Å². The van der Waals surface area contributed by atoms with E-state index in [0.29, 0.717) is 6.04 Å². The smallest absolute Gasteiger partial charge is 0.0207 e. The van der Waals surface area contributed by atoms with E-state index >= 15 is 0 Å². The van der Waals surface area contributed by atoms with Crippen LogP contribution in [0.15, 0.2) is 0 Å². The molecule has 1 unspecified atom stereocenters. The normalized spacial score (nSPS) is 27.7. The summed E-state index contributed by atoms with van der Waals surface area (Å²) in [5, 5.41) is 7.22. The summed E-state index contributed by atoms with van der Waals surface area (Å²) in [6.45, 7) is 5.98. The van der Waals surface area contributed by atoms with Crippen LogP contribution in [0.25, 0.3) is 0 Å². The van der Waals surface area contributed by atoms with Crippen LogP contribution in [0, 0.1) is 5.92 Å². The van der Waals surface area contributed by atoms with Crippen LogP contribution in [0.3, 0.4) is 0 Å². The van der Waals surface area contributed by atoms with Gasteiger partial charge in [0.05, 0.1) is 0 Å². The molecule has 3 nitrogen and oxygen atoms in total. The van der Waals surface area contributed by atoms with E-state index in [2.05, 4.69) is 22.6 Å².